The van der Waals surface area contributed by atoms with Crippen molar-refractivity contribution in [2.75, 3.05) is 29.0 Å². The van der Waals surface area contributed by atoms with E-state index in [4.69, 9.17) is 0 Å². The molecule has 1 fully saturated rings. The normalized spacial score (nSPS) is 15.1. The summed E-state index contributed by atoms with van der Waals surface area (Å²) in [6.07, 6.45) is 4.16. The van der Waals surface area contributed by atoms with E-state index in [1.807, 2.05) is 37.3 Å². The maximum atomic E-state index is 12.8. The summed E-state index contributed by atoms with van der Waals surface area (Å²) in [6, 6.07) is 16.9. The summed E-state index contributed by atoms with van der Waals surface area (Å²) in [7, 11) is 0. The van der Waals surface area contributed by atoms with Crippen molar-refractivity contribution in [3.05, 3.63) is 82.6 Å². The lowest BCUT2D eigenvalue weighted by Gasteiger charge is -2.15. The lowest BCUT2D eigenvalue weighted by atomic mass is 10.1. The molecule has 0 unspecified atom stereocenters. The molecule has 178 valence electrons. The molecule has 2 aromatic carbocycles. The second kappa shape index (κ2) is 10.1. The van der Waals surface area contributed by atoms with Gasteiger partial charge in [-0.3, -0.25) is 9.59 Å². The van der Waals surface area contributed by atoms with Crippen LogP contribution >= 0.6 is 11.3 Å². The summed E-state index contributed by atoms with van der Waals surface area (Å²) >= 11 is 1.15. The molecule has 5 rings (SSSR count). The van der Waals surface area contributed by atoms with Gasteiger partial charge in [0.2, 0.25) is 0 Å². The average molecular weight is 488 g/mol. The Morgan fingerprint density at radius 1 is 1.00 bits per heavy atom. The molecule has 35 heavy (non-hydrogen) atoms. The number of rotatable bonds is 7. The zero-order chi connectivity index (χ0) is 24.2. The number of nitrogens with zero attached hydrogens (tertiary/aromatic N) is 3. The van der Waals surface area contributed by atoms with Crippen molar-refractivity contribution in [3.63, 3.8) is 0 Å². The summed E-state index contributed by atoms with van der Waals surface area (Å²) in [5.74, 6) is -0.509. The number of hydrogen-bond donors (Lipinski definition) is 4. The van der Waals surface area contributed by atoms with Crippen molar-refractivity contribution in [1.82, 2.24) is 20.1 Å². The number of anilines is 3. The minimum atomic E-state index is -0.268. The molecule has 0 aliphatic carbocycles. The Hall–Kier alpha value is -4.02. The molecule has 4 N–H and O–H groups in total. The summed E-state index contributed by atoms with van der Waals surface area (Å²) in [5.41, 5.74) is 4.25. The molecule has 2 aromatic heterocycles. The highest BCUT2D eigenvalue weighted by atomic mass is 32.1. The predicted octanol–water partition coefficient (Wildman–Crippen LogP) is 3.92. The van der Waals surface area contributed by atoms with E-state index in [-0.39, 0.29) is 11.8 Å². The van der Waals surface area contributed by atoms with Gasteiger partial charge in [0.05, 0.1) is 15.4 Å². The van der Waals surface area contributed by atoms with Crippen LogP contribution in [0.4, 0.5) is 17.1 Å². The summed E-state index contributed by atoms with van der Waals surface area (Å²) in [5, 5.41) is 16.8. The molecule has 0 bridgehead atoms. The highest BCUT2D eigenvalue weighted by molar-refractivity contribution is 7.16. The monoisotopic (exact) mass is 487 g/mol. The molecule has 0 spiro atoms. The Bertz CT molecular complexity index is 1330. The van der Waals surface area contributed by atoms with Crippen molar-refractivity contribution in [3.8, 4) is 5.69 Å². The van der Waals surface area contributed by atoms with Crippen LogP contribution < -0.4 is 21.3 Å². The van der Waals surface area contributed by atoms with Crippen LogP contribution in [0.5, 0.6) is 0 Å². The number of aromatic nitrogens is 3. The van der Waals surface area contributed by atoms with Crippen LogP contribution in [0.25, 0.3) is 5.69 Å². The number of aryl methyl sites for hydroxylation is 1. The van der Waals surface area contributed by atoms with Gasteiger partial charge in [-0.2, -0.15) is 5.10 Å². The third-order valence-electron chi connectivity index (χ3n) is 5.77. The topological polar surface area (TPSA) is 113 Å². The molecule has 10 heteroatoms. The standard InChI is InChI=1S/C25H25N7O2S/c1-16-12-18(29-19-10-11-26-13-19)4-7-21(16)31-25(34)23-9-8-22(35-23)24(33)30-17-2-5-20(6-3-17)32-15-27-14-28-32/h2-9,12,14-15,19,26,29H,10-11,13H2,1H3,(H,30,33)(H,31,34)/t19-/m0/s1. The highest BCUT2D eigenvalue weighted by Gasteiger charge is 2.17. The van der Waals surface area contributed by atoms with Crippen LogP contribution in [0, 0.1) is 6.92 Å². The predicted molar refractivity (Wildman–Crippen MR) is 138 cm³/mol. The van der Waals surface area contributed by atoms with Gasteiger partial charge in [0.25, 0.3) is 11.8 Å². The highest BCUT2D eigenvalue weighted by Crippen LogP contribution is 2.24. The Balaban J connectivity index is 1.19. The van der Waals surface area contributed by atoms with Gasteiger partial charge in [0, 0.05) is 29.6 Å². The van der Waals surface area contributed by atoms with E-state index >= 15 is 0 Å². The largest absolute Gasteiger partial charge is 0.381 e. The molecule has 3 heterocycles. The molecule has 1 aliphatic heterocycles. The first-order valence-electron chi connectivity index (χ1n) is 11.3. The van der Waals surface area contributed by atoms with Crippen LogP contribution in [0.15, 0.2) is 67.3 Å². The van der Waals surface area contributed by atoms with Crippen LogP contribution in [-0.2, 0) is 0 Å². The summed E-state index contributed by atoms with van der Waals surface area (Å²) in [4.78, 5) is 30.3. The van der Waals surface area contributed by atoms with E-state index in [1.165, 1.54) is 6.33 Å². The fourth-order valence-corrected chi connectivity index (χ4v) is 4.70. The molecule has 1 saturated heterocycles. The Morgan fingerprint density at radius 2 is 1.74 bits per heavy atom. The SMILES string of the molecule is Cc1cc(N[C@H]2CCNC2)ccc1NC(=O)c1ccc(C(=O)Nc2ccc(-n3cncn3)cc2)s1. The fraction of sp³-hybridized carbons (Fsp3) is 0.200. The Morgan fingerprint density at radius 3 is 2.40 bits per heavy atom. The first-order valence-corrected chi connectivity index (χ1v) is 12.1. The third-order valence-corrected chi connectivity index (χ3v) is 6.85. The smallest absolute Gasteiger partial charge is 0.265 e. The Labute approximate surface area is 206 Å². The number of carbonyl (C=O) groups excluding carboxylic acids is 2. The van der Waals surface area contributed by atoms with Crippen LogP contribution in [0.2, 0.25) is 0 Å². The molecule has 9 nitrogen and oxygen atoms in total. The number of carbonyl (C=O) groups is 2. The van der Waals surface area contributed by atoms with E-state index in [2.05, 4.69) is 31.3 Å². The molecule has 2 amide bonds. The van der Waals surface area contributed by atoms with Gasteiger partial charge in [0.15, 0.2) is 0 Å². The first-order chi connectivity index (χ1) is 17.0. The average Bonchev–Trinajstić information content (AvgIpc) is 3.64. The zero-order valence-corrected chi connectivity index (χ0v) is 19.9. The molecule has 0 radical (unpaired) electrons. The fourth-order valence-electron chi connectivity index (χ4n) is 3.90. The van der Waals surface area contributed by atoms with E-state index in [0.717, 1.165) is 53.5 Å². The van der Waals surface area contributed by atoms with Crippen LogP contribution in [0.3, 0.4) is 0 Å². The van der Waals surface area contributed by atoms with Gasteiger partial charge in [-0.05, 0) is 80.1 Å². The first kappa shape index (κ1) is 22.8. The minimum Gasteiger partial charge on any atom is -0.381 e. The maximum Gasteiger partial charge on any atom is 0.265 e. The van der Waals surface area contributed by atoms with E-state index in [0.29, 0.717) is 21.5 Å². The van der Waals surface area contributed by atoms with E-state index < -0.39 is 0 Å². The van der Waals surface area contributed by atoms with E-state index in [9.17, 15) is 9.59 Å². The second-order valence-electron chi connectivity index (χ2n) is 8.32. The molecule has 1 aliphatic rings. The number of hydrogen-bond acceptors (Lipinski definition) is 7. The summed E-state index contributed by atoms with van der Waals surface area (Å²) < 4.78 is 1.63. The van der Waals surface area contributed by atoms with Gasteiger partial charge in [-0.25, -0.2) is 9.67 Å². The molecular weight excluding hydrogens is 462 g/mol. The van der Waals surface area contributed by atoms with Crippen molar-refractivity contribution in [1.29, 1.82) is 0 Å². The number of nitrogens with one attached hydrogen (secondary N) is 4. The van der Waals surface area contributed by atoms with Crippen LogP contribution in [0.1, 0.15) is 31.3 Å². The van der Waals surface area contributed by atoms with Gasteiger partial charge in [-0.1, -0.05) is 0 Å². The van der Waals surface area contributed by atoms with Gasteiger partial charge >= 0.3 is 0 Å². The number of amides is 2. The lowest BCUT2D eigenvalue weighted by molar-refractivity contribution is 0.102. The van der Waals surface area contributed by atoms with Crippen molar-refractivity contribution >= 4 is 40.2 Å². The number of thiophene rings is 1. The zero-order valence-electron chi connectivity index (χ0n) is 19.1. The van der Waals surface area contributed by atoms with Crippen molar-refractivity contribution in [2.45, 2.75) is 19.4 Å². The second-order valence-corrected chi connectivity index (χ2v) is 9.41. The lowest BCUT2D eigenvalue weighted by Crippen LogP contribution is -2.22. The summed E-state index contributed by atoms with van der Waals surface area (Å²) in [6.45, 7) is 3.96. The van der Waals surface area contributed by atoms with E-state index in [1.54, 1.807) is 35.3 Å². The molecule has 1 atom stereocenters. The van der Waals surface area contributed by atoms with Gasteiger partial charge in [0.1, 0.15) is 12.7 Å². The molecule has 4 aromatic rings. The molecule has 0 saturated carbocycles. The van der Waals surface area contributed by atoms with Gasteiger partial charge in [-0.15, -0.1) is 11.3 Å². The Kier molecular flexibility index (Phi) is 6.55. The minimum absolute atomic E-state index is 0.241. The van der Waals surface area contributed by atoms with Gasteiger partial charge < -0.3 is 21.3 Å². The third kappa shape index (κ3) is 5.39. The quantitative estimate of drug-likeness (QED) is 0.314. The maximum absolute atomic E-state index is 12.8. The molecular formula is C25H25N7O2S. The van der Waals surface area contributed by atoms with Crippen molar-refractivity contribution < 1.29 is 9.59 Å². The van der Waals surface area contributed by atoms with Crippen molar-refractivity contribution in [2.24, 2.45) is 0 Å². The number of benzene rings is 2. The van der Waals surface area contributed by atoms with Crippen LogP contribution in [-0.4, -0.2) is 45.7 Å².